The van der Waals surface area contributed by atoms with Crippen LogP contribution in [0, 0.1) is 11.8 Å². The van der Waals surface area contributed by atoms with Gasteiger partial charge in [0.2, 0.25) is 5.91 Å². The average Bonchev–Trinajstić information content (AvgIpc) is 2.37. The van der Waals surface area contributed by atoms with Crippen LogP contribution in [0.5, 0.6) is 0 Å². The Balaban J connectivity index is 2.23. The Morgan fingerprint density at radius 2 is 1.81 bits per heavy atom. The lowest BCUT2D eigenvalue weighted by molar-refractivity contribution is -0.124. The molecular weight excluding hydrogens is 268 g/mol. The maximum Gasteiger partial charge on any atom is 0.410 e. The van der Waals surface area contributed by atoms with Crippen LogP contribution in [0.2, 0.25) is 0 Å². The molecule has 1 fully saturated rings. The molecule has 0 radical (unpaired) electrons. The normalized spacial score (nSPS) is 17.0. The van der Waals surface area contributed by atoms with Crippen molar-refractivity contribution in [1.29, 1.82) is 0 Å². The van der Waals surface area contributed by atoms with Crippen molar-refractivity contribution in [3.05, 3.63) is 0 Å². The Morgan fingerprint density at radius 1 is 1.24 bits per heavy atom. The molecule has 1 N–H and O–H groups in total. The van der Waals surface area contributed by atoms with E-state index in [0.717, 1.165) is 38.9 Å². The lowest BCUT2D eigenvalue weighted by Crippen LogP contribution is -2.42. The van der Waals surface area contributed by atoms with E-state index in [1.165, 1.54) is 0 Å². The topological polar surface area (TPSA) is 58.6 Å². The van der Waals surface area contributed by atoms with Crippen molar-refractivity contribution in [2.75, 3.05) is 19.6 Å². The van der Waals surface area contributed by atoms with Gasteiger partial charge >= 0.3 is 6.09 Å². The van der Waals surface area contributed by atoms with Gasteiger partial charge in [0.1, 0.15) is 5.60 Å². The molecule has 1 heterocycles. The van der Waals surface area contributed by atoms with E-state index in [1.54, 1.807) is 4.90 Å². The van der Waals surface area contributed by atoms with E-state index in [4.69, 9.17) is 4.74 Å². The van der Waals surface area contributed by atoms with Crippen LogP contribution >= 0.6 is 0 Å². The quantitative estimate of drug-likeness (QED) is 0.868. The fourth-order valence-electron chi connectivity index (χ4n) is 2.33. The summed E-state index contributed by atoms with van der Waals surface area (Å²) in [6.07, 6.45) is 2.74. The Morgan fingerprint density at radius 3 is 2.29 bits per heavy atom. The molecule has 0 aliphatic carbocycles. The fraction of sp³-hybridized carbons (Fsp3) is 0.875. The van der Waals surface area contributed by atoms with Crippen LogP contribution in [0.1, 0.15) is 53.9 Å². The van der Waals surface area contributed by atoms with Crippen molar-refractivity contribution in [2.24, 2.45) is 11.8 Å². The number of carbonyl (C=O) groups is 2. The fourth-order valence-corrected chi connectivity index (χ4v) is 2.33. The Bertz CT molecular complexity index is 353. The third kappa shape index (κ3) is 6.82. The summed E-state index contributed by atoms with van der Waals surface area (Å²) < 4.78 is 5.38. The highest BCUT2D eigenvalue weighted by atomic mass is 16.6. The van der Waals surface area contributed by atoms with Gasteiger partial charge in [0.15, 0.2) is 0 Å². The molecule has 1 saturated heterocycles. The summed E-state index contributed by atoms with van der Waals surface area (Å²) in [5.41, 5.74) is -0.435. The predicted molar refractivity (Wildman–Crippen MR) is 83.0 cm³/mol. The van der Waals surface area contributed by atoms with Gasteiger partial charge in [-0.15, -0.1) is 0 Å². The molecule has 2 amide bonds. The van der Waals surface area contributed by atoms with Gasteiger partial charge in [-0.05, 0) is 46.0 Å². The number of amides is 2. The predicted octanol–water partition coefficient (Wildman–Crippen LogP) is 2.80. The van der Waals surface area contributed by atoms with Crippen molar-refractivity contribution >= 4 is 12.0 Å². The van der Waals surface area contributed by atoms with Crippen molar-refractivity contribution < 1.29 is 14.3 Å². The van der Waals surface area contributed by atoms with Crippen molar-refractivity contribution in [2.45, 2.75) is 59.5 Å². The maximum atomic E-state index is 11.9. The number of nitrogens with one attached hydrogen (secondary N) is 1. The van der Waals surface area contributed by atoms with Crippen molar-refractivity contribution in [3.63, 3.8) is 0 Å². The third-order valence-corrected chi connectivity index (χ3v) is 3.64. The second kappa shape index (κ2) is 7.66. The molecule has 1 rings (SSSR count). The number of rotatable bonds is 4. The molecule has 0 unspecified atom stereocenters. The summed E-state index contributed by atoms with van der Waals surface area (Å²) in [5, 5.41) is 2.95. The number of carbonyl (C=O) groups excluding carboxylic acids is 2. The van der Waals surface area contributed by atoms with Gasteiger partial charge in [0.25, 0.3) is 0 Å². The van der Waals surface area contributed by atoms with Gasteiger partial charge < -0.3 is 15.0 Å². The lowest BCUT2D eigenvalue weighted by Gasteiger charge is -2.33. The van der Waals surface area contributed by atoms with Gasteiger partial charge in [-0.3, -0.25) is 4.79 Å². The van der Waals surface area contributed by atoms with E-state index < -0.39 is 5.60 Å². The zero-order valence-corrected chi connectivity index (χ0v) is 14.1. The second-order valence-electron chi connectivity index (χ2n) is 7.15. The molecule has 0 aromatic rings. The van der Waals surface area contributed by atoms with Crippen LogP contribution in [0.3, 0.4) is 0 Å². The molecule has 21 heavy (non-hydrogen) atoms. The molecule has 0 aromatic carbocycles. The monoisotopic (exact) mass is 298 g/mol. The van der Waals surface area contributed by atoms with E-state index >= 15 is 0 Å². The van der Waals surface area contributed by atoms with Crippen molar-refractivity contribution in [1.82, 2.24) is 10.2 Å². The smallest absolute Gasteiger partial charge is 0.410 e. The molecule has 0 saturated carbocycles. The molecule has 1 aliphatic rings. The molecule has 0 spiro atoms. The highest BCUT2D eigenvalue weighted by Crippen LogP contribution is 2.21. The Labute approximate surface area is 128 Å². The summed E-state index contributed by atoms with van der Waals surface area (Å²) in [6.45, 7) is 11.7. The summed E-state index contributed by atoms with van der Waals surface area (Å²) in [6, 6.07) is 0. The van der Waals surface area contributed by atoms with Gasteiger partial charge in [-0.1, -0.05) is 13.8 Å². The first kappa shape index (κ1) is 17.8. The minimum absolute atomic E-state index is 0.0408. The first-order valence-electron chi connectivity index (χ1n) is 7.94. The number of hydrogen-bond donors (Lipinski definition) is 1. The van der Waals surface area contributed by atoms with Crippen LogP contribution in [0.15, 0.2) is 0 Å². The largest absolute Gasteiger partial charge is 0.444 e. The zero-order valence-electron chi connectivity index (χ0n) is 14.1. The molecule has 122 valence electrons. The SMILES string of the molecule is CC(C)C(=O)NCCC1CCN(C(=O)OC(C)(C)C)CC1. The van der Waals surface area contributed by atoms with Crippen LogP contribution < -0.4 is 5.32 Å². The van der Waals surface area contributed by atoms with Gasteiger partial charge in [-0.2, -0.15) is 0 Å². The second-order valence-corrected chi connectivity index (χ2v) is 7.15. The van der Waals surface area contributed by atoms with Crippen LogP contribution in [0.4, 0.5) is 4.79 Å². The highest BCUT2D eigenvalue weighted by Gasteiger charge is 2.26. The van der Waals surface area contributed by atoms with Crippen LogP contribution in [-0.2, 0) is 9.53 Å². The molecule has 0 aromatic heterocycles. The lowest BCUT2D eigenvalue weighted by atomic mass is 9.93. The average molecular weight is 298 g/mol. The van der Waals surface area contributed by atoms with Gasteiger partial charge in [0, 0.05) is 25.6 Å². The third-order valence-electron chi connectivity index (χ3n) is 3.64. The number of ether oxygens (including phenoxy) is 1. The summed E-state index contributed by atoms with van der Waals surface area (Å²) >= 11 is 0. The molecule has 5 heteroatoms. The van der Waals surface area contributed by atoms with Crippen LogP contribution in [-0.4, -0.2) is 42.1 Å². The van der Waals surface area contributed by atoms with E-state index in [0.29, 0.717) is 5.92 Å². The van der Waals surface area contributed by atoms with Crippen LogP contribution in [0.25, 0.3) is 0 Å². The van der Waals surface area contributed by atoms with E-state index in [1.807, 2.05) is 34.6 Å². The van der Waals surface area contributed by atoms with E-state index in [9.17, 15) is 9.59 Å². The zero-order chi connectivity index (χ0) is 16.0. The molecule has 0 atom stereocenters. The highest BCUT2D eigenvalue weighted by molar-refractivity contribution is 5.77. The number of nitrogens with zero attached hydrogens (tertiary/aromatic N) is 1. The Hall–Kier alpha value is -1.26. The number of likely N-dealkylation sites (tertiary alicyclic amines) is 1. The Kier molecular flexibility index (Phi) is 6.49. The molecular formula is C16H30N2O3. The minimum Gasteiger partial charge on any atom is -0.444 e. The molecule has 5 nitrogen and oxygen atoms in total. The number of hydrogen-bond acceptors (Lipinski definition) is 3. The summed E-state index contributed by atoms with van der Waals surface area (Å²) in [5.74, 6) is 0.733. The molecule has 0 bridgehead atoms. The van der Waals surface area contributed by atoms with E-state index in [2.05, 4.69) is 5.32 Å². The van der Waals surface area contributed by atoms with Gasteiger partial charge in [-0.25, -0.2) is 4.79 Å². The first-order chi connectivity index (χ1) is 9.69. The van der Waals surface area contributed by atoms with Gasteiger partial charge in [0.05, 0.1) is 0 Å². The molecule has 1 aliphatic heterocycles. The summed E-state index contributed by atoms with van der Waals surface area (Å²) in [7, 11) is 0. The first-order valence-corrected chi connectivity index (χ1v) is 7.94. The standard InChI is InChI=1S/C16H30N2O3/c1-12(2)14(19)17-9-6-13-7-10-18(11-8-13)15(20)21-16(3,4)5/h12-13H,6-11H2,1-5H3,(H,17,19). The minimum atomic E-state index is -0.435. The number of piperidine rings is 1. The summed E-state index contributed by atoms with van der Waals surface area (Å²) in [4.78, 5) is 25.2. The maximum absolute atomic E-state index is 11.9. The van der Waals surface area contributed by atoms with E-state index in [-0.39, 0.29) is 17.9 Å². The van der Waals surface area contributed by atoms with Crippen molar-refractivity contribution in [3.8, 4) is 0 Å².